The number of nitrogens with one attached hydrogen (secondary N) is 1. The van der Waals surface area contributed by atoms with Crippen LogP contribution >= 0.6 is 12.2 Å². The van der Waals surface area contributed by atoms with Crippen LogP contribution in [0.15, 0.2) is 46.2 Å². The highest BCUT2D eigenvalue weighted by Gasteiger charge is 2.11. The van der Waals surface area contributed by atoms with Crippen molar-refractivity contribution in [2.75, 3.05) is 0 Å². The number of nitrogens with zero attached hydrogens (tertiary/aromatic N) is 5. The molecule has 0 saturated heterocycles. The van der Waals surface area contributed by atoms with E-state index in [0.29, 0.717) is 5.82 Å². The quantitative estimate of drug-likeness (QED) is 0.342. The fraction of sp³-hybridized carbons (Fsp3) is 0. The second kappa shape index (κ2) is 5.69. The molecular weight excluding hydrogens is 308 g/mol. The normalized spacial score (nSPS) is 11.1. The molecule has 3 aromatic heterocycles. The molecule has 110 valence electrons. The van der Waals surface area contributed by atoms with Crippen LogP contribution in [-0.4, -0.2) is 31.0 Å². The first kappa shape index (κ1) is 13.8. The Hall–Kier alpha value is -3.14. The first-order chi connectivity index (χ1) is 10.6. The zero-order chi connectivity index (χ0) is 15.5. The van der Waals surface area contributed by atoms with Gasteiger partial charge in [0.2, 0.25) is 4.77 Å². The predicted octanol–water partition coefficient (Wildman–Crippen LogP) is 2.39. The predicted molar refractivity (Wildman–Crippen MR) is 79.0 cm³/mol. The molecule has 0 bridgehead atoms. The molecule has 0 atom stereocenters. The van der Waals surface area contributed by atoms with Crippen molar-refractivity contribution in [3.05, 3.63) is 57.3 Å². The van der Waals surface area contributed by atoms with E-state index in [2.05, 4.69) is 20.3 Å². The number of aromatic nitrogens is 4. The van der Waals surface area contributed by atoms with Crippen LogP contribution in [0, 0.1) is 14.9 Å². The number of rotatable bonds is 4. The molecule has 3 heterocycles. The molecule has 3 aromatic rings. The topological polar surface area (TPSA) is 115 Å². The number of hydrogen-bond donors (Lipinski definition) is 1. The van der Waals surface area contributed by atoms with Crippen molar-refractivity contribution in [2.24, 2.45) is 5.10 Å². The Morgan fingerprint density at radius 1 is 1.45 bits per heavy atom. The standard InChI is InChI=1S/C12H8N6O3S/c19-18(20)10-4-3-9(21-10)7-14-17-11(15-16-12(17)22)8-2-1-5-13-6-8/h1-7H,(H,16,22). The third-order valence-corrected chi connectivity index (χ3v) is 2.93. The monoisotopic (exact) mass is 316 g/mol. The van der Waals surface area contributed by atoms with Crippen molar-refractivity contribution in [1.29, 1.82) is 0 Å². The molecule has 0 saturated carbocycles. The smallest absolute Gasteiger partial charge is 0.400 e. The van der Waals surface area contributed by atoms with E-state index in [0.717, 1.165) is 5.56 Å². The summed E-state index contributed by atoms with van der Waals surface area (Å²) in [6.07, 6.45) is 4.58. The fourth-order valence-electron chi connectivity index (χ4n) is 1.71. The van der Waals surface area contributed by atoms with Crippen molar-refractivity contribution in [1.82, 2.24) is 19.9 Å². The zero-order valence-electron chi connectivity index (χ0n) is 10.9. The van der Waals surface area contributed by atoms with Gasteiger partial charge in [0.1, 0.15) is 4.92 Å². The summed E-state index contributed by atoms with van der Waals surface area (Å²) in [4.78, 5) is 13.9. The third kappa shape index (κ3) is 2.67. The Morgan fingerprint density at radius 3 is 3.00 bits per heavy atom. The number of furan rings is 1. The van der Waals surface area contributed by atoms with Gasteiger partial charge in [-0.25, -0.2) is 5.10 Å². The molecular formula is C12H8N6O3S. The van der Waals surface area contributed by atoms with Crippen molar-refractivity contribution >= 4 is 24.3 Å². The molecule has 9 nitrogen and oxygen atoms in total. The largest absolute Gasteiger partial charge is 0.433 e. The molecule has 0 radical (unpaired) electrons. The molecule has 1 N–H and O–H groups in total. The van der Waals surface area contributed by atoms with Crippen LogP contribution in [0.25, 0.3) is 11.4 Å². The van der Waals surface area contributed by atoms with E-state index in [1.807, 2.05) is 6.07 Å². The lowest BCUT2D eigenvalue weighted by molar-refractivity contribution is -0.402. The minimum atomic E-state index is -0.623. The van der Waals surface area contributed by atoms with E-state index in [-0.39, 0.29) is 16.4 Å². The van der Waals surface area contributed by atoms with Gasteiger partial charge in [0.05, 0.1) is 12.3 Å². The number of hydrogen-bond acceptors (Lipinski definition) is 7. The van der Waals surface area contributed by atoms with Crippen LogP contribution in [-0.2, 0) is 0 Å². The lowest BCUT2D eigenvalue weighted by Crippen LogP contribution is -1.94. The van der Waals surface area contributed by atoms with Crippen molar-refractivity contribution in [3.8, 4) is 11.4 Å². The molecule has 0 aliphatic heterocycles. The van der Waals surface area contributed by atoms with Gasteiger partial charge >= 0.3 is 5.88 Å². The first-order valence-electron chi connectivity index (χ1n) is 6.01. The van der Waals surface area contributed by atoms with E-state index in [4.69, 9.17) is 16.6 Å². The van der Waals surface area contributed by atoms with Gasteiger partial charge in [0.25, 0.3) is 0 Å². The summed E-state index contributed by atoms with van der Waals surface area (Å²) >= 11 is 5.11. The number of pyridine rings is 1. The summed E-state index contributed by atoms with van der Waals surface area (Å²) in [6.45, 7) is 0. The molecule has 0 spiro atoms. The van der Waals surface area contributed by atoms with Crippen molar-refractivity contribution in [3.63, 3.8) is 0 Å². The minimum absolute atomic E-state index is 0.229. The van der Waals surface area contributed by atoms with E-state index >= 15 is 0 Å². The molecule has 0 amide bonds. The Bertz CT molecular complexity index is 895. The average Bonchev–Trinajstić information content (AvgIpc) is 3.13. The highest BCUT2D eigenvalue weighted by atomic mass is 32.1. The summed E-state index contributed by atoms with van der Waals surface area (Å²) in [7, 11) is 0. The number of aromatic amines is 1. The summed E-state index contributed by atoms with van der Waals surface area (Å²) in [5.41, 5.74) is 0.720. The summed E-state index contributed by atoms with van der Waals surface area (Å²) < 4.78 is 6.64. The second-order valence-electron chi connectivity index (χ2n) is 4.08. The van der Waals surface area contributed by atoms with Gasteiger partial charge in [0.15, 0.2) is 11.6 Å². The van der Waals surface area contributed by atoms with Crippen molar-refractivity contribution in [2.45, 2.75) is 0 Å². The molecule has 0 aliphatic carbocycles. The maximum Gasteiger partial charge on any atom is 0.433 e. The van der Waals surface area contributed by atoms with Gasteiger partial charge < -0.3 is 4.42 Å². The summed E-state index contributed by atoms with van der Waals surface area (Å²) in [6, 6.07) is 6.26. The number of nitro groups is 1. The Labute approximate surface area is 128 Å². The highest BCUT2D eigenvalue weighted by molar-refractivity contribution is 7.71. The average molecular weight is 316 g/mol. The van der Waals surface area contributed by atoms with Crippen molar-refractivity contribution < 1.29 is 9.34 Å². The molecule has 10 heteroatoms. The molecule has 3 rings (SSSR count). The van der Waals surface area contributed by atoms with E-state index < -0.39 is 4.92 Å². The fourth-order valence-corrected chi connectivity index (χ4v) is 1.88. The highest BCUT2D eigenvalue weighted by Crippen LogP contribution is 2.16. The van der Waals surface area contributed by atoms with E-state index in [9.17, 15) is 10.1 Å². The molecule has 0 aromatic carbocycles. The van der Waals surface area contributed by atoms with Crippen LogP contribution < -0.4 is 0 Å². The third-order valence-electron chi connectivity index (χ3n) is 2.66. The van der Waals surface area contributed by atoms with Gasteiger partial charge in [0, 0.05) is 18.0 Å². The zero-order valence-corrected chi connectivity index (χ0v) is 11.7. The molecule has 0 fully saturated rings. The maximum atomic E-state index is 10.6. The van der Waals surface area contributed by atoms with Crippen LogP contribution in [0.2, 0.25) is 0 Å². The van der Waals surface area contributed by atoms with Crippen LogP contribution in [0.5, 0.6) is 0 Å². The van der Waals surface area contributed by atoms with Gasteiger partial charge in [-0.15, -0.1) is 0 Å². The Kier molecular flexibility index (Phi) is 3.58. The van der Waals surface area contributed by atoms with Gasteiger partial charge in [-0.2, -0.15) is 14.9 Å². The van der Waals surface area contributed by atoms with Crippen LogP contribution in [0.4, 0.5) is 5.88 Å². The summed E-state index contributed by atoms with van der Waals surface area (Å²) in [5, 5.41) is 21.4. The lowest BCUT2D eigenvalue weighted by atomic mass is 10.3. The molecule has 0 unspecified atom stereocenters. The maximum absolute atomic E-state index is 10.6. The van der Waals surface area contributed by atoms with Gasteiger partial charge in [-0.05, 0) is 30.4 Å². The van der Waals surface area contributed by atoms with E-state index in [1.54, 1.807) is 18.5 Å². The van der Waals surface area contributed by atoms with Gasteiger partial charge in [-0.3, -0.25) is 15.1 Å². The molecule has 22 heavy (non-hydrogen) atoms. The lowest BCUT2D eigenvalue weighted by Gasteiger charge is -1.99. The van der Waals surface area contributed by atoms with E-state index in [1.165, 1.54) is 23.0 Å². The SMILES string of the molecule is O=[N+]([O-])c1ccc(C=Nn2c(-c3cccnc3)n[nH]c2=S)o1. The van der Waals surface area contributed by atoms with Crippen LogP contribution in [0.1, 0.15) is 5.76 Å². The Morgan fingerprint density at radius 2 is 2.32 bits per heavy atom. The Balaban J connectivity index is 1.95. The second-order valence-corrected chi connectivity index (χ2v) is 4.47. The number of H-pyrrole nitrogens is 1. The molecule has 0 aliphatic rings. The minimum Gasteiger partial charge on any atom is -0.400 e. The van der Waals surface area contributed by atoms with Crippen LogP contribution in [0.3, 0.4) is 0 Å². The summed E-state index contributed by atoms with van der Waals surface area (Å²) in [5.74, 6) is 0.340. The van der Waals surface area contributed by atoms with Gasteiger partial charge in [-0.1, -0.05) is 0 Å². The first-order valence-corrected chi connectivity index (χ1v) is 6.42.